The standard InChI is InChI=1S/C21H21FN4O2/c1-28-20-7-14(6-19(22)9-20)10-23-21(27)26-5-4-15-2-3-16(8-17(15)13-26)18-11-24-25-12-18/h2-3,6-9,11-12H,4-5,10,13H2,1H3,(H,23,27)(H,24,25). The summed E-state index contributed by atoms with van der Waals surface area (Å²) in [5, 5.41) is 9.68. The molecule has 2 amide bonds. The van der Waals surface area contributed by atoms with Crippen molar-refractivity contribution in [3.63, 3.8) is 0 Å². The van der Waals surface area contributed by atoms with E-state index in [2.05, 4.69) is 33.7 Å². The quantitative estimate of drug-likeness (QED) is 0.728. The van der Waals surface area contributed by atoms with Gasteiger partial charge in [-0.1, -0.05) is 12.1 Å². The fourth-order valence-corrected chi connectivity index (χ4v) is 3.45. The molecular formula is C21H21FN4O2. The molecule has 28 heavy (non-hydrogen) atoms. The number of aromatic nitrogens is 2. The Bertz CT molecular complexity index is 988. The summed E-state index contributed by atoms with van der Waals surface area (Å²) in [5.74, 6) is 0.0465. The van der Waals surface area contributed by atoms with Crippen LogP contribution in [0.5, 0.6) is 5.75 Å². The zero-order valence-electron chi connectivity index (χ0n) is 15.5. The molecule has 0 saturated carbocycles. The Kier molecular flexibility index (Phi) is 4.97. The Balaban J connectivity index is 1.43. The average Bonchev–Trinajstić information content (AvgIpc) is 3.25. The predicted octanol–water partition coefficient (Wildman–Crippen LogP) is 3.49. The van der Waals surface area contributed by atoms with Crippen LogP contribution in [0.15, 0.2) is 48.8 Å². The first-order chi connectivity index (χ1) is 13.6. The van der Waals surface area contributed by atoms with Crippen LogP contribution in [0.2, 0.25) is 0 Å². The van der Waals surface area contributed by atoms with Crippen molar-refractivity contribution in [1.82, 2.24) is 20.4 Å². The minimum Gasteiger partial charge on any atom is -0.497 e. The summed E-state index contributed by atoms with van der Waals surface area (Å²) < 4.78 is 18.7. The molecule has 0 saturated heterocycles. The molecule has 0 atom stereocenters. The Hall–Kier alpha value is -3.35. The summed E-state index contributed by atoms with van der Waals surface area (Å²) >= 11 is 0. The van der Waals surface area contributed by atoms with Crippen LogP contribution in [-0.2, 0) is 19.5 Å². The summed E-state index contributed by atoms with van der Waals surface area (Å²) in [4.78, 5) is 14.4. The van der Waals surface area contributed by atoms with Crippen molar-refractivity contribution >= 4 is 6.03 Å². The number of nitrogens with one attached hydrogen (secondary N) is 2. The SMILES string of the molecule is COc1cc(F)cc(CNC(=O)N2CCc3ccc(-c4cn[nH]c4)cc3C2)c1. The van der Waals surface area contributed by atoms with Crippen LogP contribution >= 0.6 is 0 Å². The molecule has 0 spiro atoms. The lowest BCUT2D eigenvalue weighted by Gasteiger charge is -2.29. The lowest BCUT2D eigenvalue weighted by Crippen LogP contribution is -2.42. The summed E-state index contributed by atoms with van der Waals surface area (Å²) in [7, 11) is 1.49. The molecule has 1 aliphatic heterocycles. The Labute approximate surface area is 162 Å². The molecule has 0 fully saturated rings. The molecule has 6 nitrogen and oxygen atoms in total. The third-order valence-electron chi connectivity index (χ3n) is 4.95. The van der Waals surface area contributed by atoms with Gasteiger partial charge < -0.3 is 15.0 Å². The number of carbonyl (C=O) groups is 1. The van der Waals surface area contributed by atoms with E-state index in [1.807, 2.05) is 6.20 Å². The van der Waals surface area contributed by atoms with Crippen LogP contribution in [0.25, 0.3) is 11.1 Å². The highest BCUT2D eigenvalue weighted by Crippen LogP contribution is 2.26. The van der Waals surface area contributed by atoms with Crippen molar-refractivity contribution in [2.45, 2.75) is 19.5 Å². The molecule has 3 aromatic rings. The van der Waals surface area contributed by atoms with E-state index in [-0.39, 0.29) is 18.4 Å². The van der Waals surface area contributed by atoms with Crippen LogP contribution in [-0.4, -0.2) is 34.8 Å². The number of ether oxygens (including phenoxy) is 1. The minimum atomic E-state index is -0.387. The minimum absolute atomic E-state index is 0.164. The van der Waals surface area contributed by atoms with E-state index >= 15 is 0 Å². The number of hydrogen-bond donors (Lipinski definition) is 2. The van der Waals surface area contributed by atoms with Crippen LogP contribution in [0.4, 0.5) is 9.18 Å². The number of benzene rings is 2. The molecule has 1 aromatic heterocycles. The van der Waals surface area contributed by atoms with Crippen molar-refractivity contribution in [2.75, 3.05) is 13.7 Å². The molecule has 2 heterocycles. The van der Waals surface area contributed by atoms with Gasteiger partial charge in [-0.25, -0.2) is 9.18 Å². The van der Waals surface area contributed by atoms with Gasteiger partial charge in [-0.05, 0) is 46.9 Å². The van der Waals surface area contributed by atoms with E-state index < -0.39 is 0 Å². The number of urea groups is 1. The maximum absolute atomic E-state index is 13.6. The molecule has 144 valence electrons. The van der Waals surface area contributed by atoms with E-state index in [1.165, 1.54) is 24.8 Å². The first-order valence-corrected chi connectivity index (χ1v) is 9.09. The Morgan fingerprint density at radius 2 is 2.14 bits per heavy atom. The Morgan fingerprint density at radius 3 is 2.93 bits per heavy atom. The third kappa shape index (κ3) is 3.83. The first-order valence-electron chi connectivity index (χ1n) is 9.09. The lowest BCUT2D eigenvalue weighted by molar-refractivity contribution is 0.192. The number of hydrogen-bond acceptors (Lipinski definition) is 3. The number of aromatic amines is 1. The maximum Gasteiger partial charge on any atom is 0.317 e. The van der Waals surface area contributed by atoms with Crippen LogP contribution < -0.4 is 10.1 Å². The van der Waals surface area contributed by atoms with Gasteiger partial charge in [0.2, 0.25) is 0 Å². The first kappa shape index (κ1) is 18.0. The van der Waals surface area contributed by atoms with Crippen LogP contribution in [0.3, 0.4) is 0 Å². The van der Waals surface area contributed by atoms with E-state index in [0.29, 0.717) is 24.4 Å². The molecule has 0 bridgehead atoms. The average molecular weight is 380 g/mol. The van der Waals surface area contributed by atoms with Gasteiger partial charge in [0.1, 0.15) is 11.6 Å². The monoisotopic (exact) mass is 380 g/mol. The second-order valence-electron chi connectivity index (χ2n) is 6.80. The summed E-state index contributed by atoms with van der Waals surface area (Å²) in [6, 6.07) is 10.6. The molecule has 2 aromatic carbocycles. The summed E-state index contributed by atoms with van der Waals surface area (Å²) in [6.45, 7) is 1.43. The molecule has 0 aliphatic carbocycles. The molecule has 7 heteroatoms. The summed E-state index contributed by atoms with van der Waals surface area (Å²) in [6.07, 6.45) is 4.44. The molecule has 0 unspecified atom stereocenters. The molecular weight excluding hydrogens is 359 g/mol. The maximum atomic E-state index is 13.6. The van der Waals surface area contributed by atoms with Crippen molar-refractivity contribution in [2.24, 2.45) is 0 Å². The highest BCUT2D eigenvalue weighted by molar-refractivity contribution is 5.75. The number of H-pyrrole nitrogens is 1. The van der Waals surface area contributed by atoms with Gasteiger partial charge in [0, 0.05) is 37.5 Å². The predicted molar refractivity (Wildman–Crippen MR) is 103 cm³/mol. The largest absolute Gasteiger partial charge is 0.497 e. The zero-order valence-corrected chi connectivity index (χ0v) is 15.5. The number of halogens is 1. The second kappa shape index (κ2) is 7.72. The van der Waals surface area contributed by atoms with Crippen LogP contribution in [0.1, 0.15) is 16.7 Å². The third-order valence-corrected chi connectivity index (χ3v) is 4.95. The van der Waals surface area contributed by atoms with Gasteiger partial charge in [-0.15, -0.1) is 0 Å². The van der Waals surface area contributed by atoms with Gasteiger partial charge in [0.05, 0.1) is 13.3 Å². The number of amides is 2. The Morgan fingerprint density at radius 1 is 1.25 bits per heavy atom. The highest BCUT2D eigenvalue weighted by atomic mass is 19.1. The lowest BCUT2D eigenvalue weighted by atomic mass is 9.96. The smallest absolute Gasteiger partial charge is 0.317 e. The van der Waals surface area contributed by atoms with Crippen LogP contribution in [0, 0.1) is 5.82 Å². The number of rotatable bonds is 4. The van der Waals surface area contributed by atoms with E-state index in [9.17, 15) is 9.18 Å². The number of nitrogens with zero attached hydrogens (tertiary/aromatic N) is 2. The zero-order chi connectivity index (χ0) is 19.5. The van der Waals surface area contributed by atoms with Crippen molar-refractivity contribution in [3.05, 3.63) is 71.3 Å². The number of methoxy groups -OCH3 is 1. The second-order valence-corrected chi connectivity index (χ2v) is 6.80. The normalized spacial score (nSPS) is 13.1. The van der Waals surface area contributed by atoms with E-state index in [0.717, 1.165) is 23.1 Å². The van der Waals surface area contributed by atoms with E-state index in [1.54, 1.807) is 17.2 Å². The van der Waals surface area contributed by atoms with Crippen molar-refractivity contribution in [3.8, 4) is 16.9 Å². The number of fused-ring (bicyclic) bond motifs is 1. The van der Waals surface area contributed by atoms with Gasteiger partial charge in [-0.3, -0.25) is 5.10 Å². The van der Waals surface area contributed by atoms with Crippen molar-refractivity contribution in [1.29, 1.82) is 0 Å². The van der Waals surface area contributed by atoms with Gasteiger partial charge in [-0.2, -0.15) is 5.10 Å². The topological polar surface area (TPSA) is 70.2 Å². The van der Waals surface area contributed by atoms with Gasteiger partial charge >= 0.3 is 6.03 Å². The number of carbonyl (C=O) groups excluding carboxylic acids is 1. The molecule has 4 rings (SSSR count). The fraction of sp³-hybridized carbons (Fsp3) is 0.238. The summed E-state index contributed by atoms with van der Waals surface area (Å²) in [5.41, 5.74) is 5.13. The van der Waals surface area contributed by atoms with Gasteiger partial charge in [0.15, 0.2) is 0 Å². The highest BCUT2D eigenvalue weighted by Gasteiger charge is 2.21. The fourth-order valence-electron chi connectivity index (χ4n) is 3.45. The molecule has 0 radical (unpaired) electrons. The molecule has 1 aliphatic rings. The van der Waals surface area contributed by atoms with Crippen molar-refractivity contribution < 1.29 is 13.9 Å². The van der Waals surface area contributed by atoms with E-state index in [4.69, 9.17) is 4.74 Å². The molecule has 2 N–H and O–H groups in total. The van der Waals surface area contributed by atoms with Gasteiger partial charge in [0.25, 0.3) is 0 Å².